The molecule has 0 radical (unpaired) electrons. The summed E-state index contributed by atoms with van der Waals surface area (Å²) in [5, 5.41) is 0.332. The maximum absolute atomic E-state index is 12.8. The van der Waals surface area contributed by atoms with E-state index in [1.807, 2.05) is 30.3 Å². The highest BCUT2D eigenvalue weighted by atomic mass is 79.9. The Labute approximate surface area is 186 Å². The Kier molecular flexibility index (Phi) is 7.31. The third-order valence-electron chi connectivity index (χ3n) is 4.01. The van der Waals surface area contributed by atoms with Crippen LogP contribution in [0.25, 0.3) is 0 Å². The van der Waals surface area contributed by atoms with Crippen LogP contribution in [0.4, 0.5) is 0 Å². The van der Waals surface area contributed by atoms with E-state index in [0.717, 1.165) is 5.56 Å². The molecule has 0 N–H and O–H groups in total. The lowest BCUT2D eigenvalue weighted by molar-refractivity contribution is 0.0729. The highest BCUT2D eigenvalue weighted by Crippen LogP contribution is 2.33. The average Bonchev–Trinajstić information content (AvgIpc) is 2.71. The summed E-state index contributed by atoms with van der Waals surface area (Å²) in [6.45, 7) is 0.382. The molecule has 0 amide bonds. The Balaban J connectivity index is 1.80. The van der Waals surface area contributed by atoms with Gasteiger partial charge in [-0.2, -0.15) is 0 Å². The predicted octanol–water partition coefficient (Wildman–Crippen LogP) is 6.41. The molecule has 148 valence electrons. The molecule has 3 aromatic carbocycles. The van der Waals surface area contributed by atoms with Crippen LogP contribution in [0.5, 0.6) is 11.5 Å². The summed E-state index contributed by atoms with van der Waals surface area (Å²) >= 11 is 15.3. The van der Waals surface area contributed by atoms with E-state index >= 15 is 0 Å². The van der Waals surface area contributed by atoms with E-state index in [9.17, 15) is 9.59 Å². The first-order chi connectivity index (χ1) is 14.0. The topological polar surface area (TPSA) is 52.6 Å². The minimum Gasteiger partial charge on any atom is -0.492 e. The van der Waals surface area contributed by atoms with Gasteiger partial charge >= 0.3 is 5.97 Å². The molecule has 0 saturated heterocycles. The molecule has 29 heavy (non-hydrogen) atoms. The fourth-order valence-electron chi connectivity index (χ4n) is 2.63. The number of esters is 1. The van der Waals surface area contributed by atoms with E-state index in [-0.39, 0.29) is 26.9 Å². The van der Waals surface area contributed by atoms with Crippen LogP contribution in [-0.2, 0) is 6.42 Å². The molecule has 7 heteroatoms. The van der Waals surface area contributed by atoms with Crippen LogP contribution in [0.2, 0.25) is 10.0 Å². The largest absolute Gasteiger partial charge is 0.492 e. The van der Waals surface area contributed by atoms with E-state index in [4.69, 9.17) is 32.7 Å². The predicted molar refractivity (Wildman–Crippen MR) is 117 cm³/mol. The second-order valence-electron chi connectivity index (χ2n) is 6.04. The van der Waals surface area contributed by atoms with Crippen LogP contribution >= 0.6 is 39.1 Å². The lowest BCUT2D eigenvalue weighted by Crippen LogP contribution is -2.13. The number of carbonyl (C=O) groups is 2. The van der Waals surface area contributed by atoms with Gasteiger partial charge in [0.1, 0.15) is 11.3 Å². The minimum absolute atomic E-state index is 0.0497. The van der Waals surface area contributed by atoms with Crippen molar-refractivity contribution in [1.82, 2.24) is 0 Å². The monoisotopic (exact) mass is 492 g/mol. The normalized spacial score (nSPS) is 10.4. The van der Waals surface area contributed by atoms with Crippen molar-refractivity contribution in [3.63, 3.8) is 0 Å². The first-order valence-corrected chi connectivity index (χ1v) is 10.2. The Bertz CT molecular complexity index is 1040. The Morgan fingerprint density at radius 2 is 1.79 bits per heavy atom. The summed E-state index contributed by atoms with van der Waals surface area (Å²) in [4.78, 5) is 24.1. The zero-order valence-electron chi connectivity index (χ0n) is 15.0. The molecule has 0 fully saturated rings. The van der Waals surface area contributed by atoms with Gasteiger partial charge < -0.3 is 9.47 Å². The van der Waals surface area contributed by atoms with E-state index < -0.39 is 5.97 Å². The molecule has 3 aromatic rings. The van der Waals surface area contributed by atoms with Gasteiger partial charge in [0.05, 0.1) is 17.2 Å². The zero-order chi connectivity index (χ0) is 20.8. The van der Waals surface area contributed by atoms with Crippen molar-refractivity contribution in [2.24, 2.45) is 0 Å². The summed E-state index contributed by atoms with van der Waals surface area (Å²) in [6.07, 6.45) is 1.21. The molecule has 0 aliphatic carbocycles. The second-order valence-corrected chi connectivity index (χ2v) is 7.80. The maximum Gasteiger partial charge on any atom is 0.347 e. The van der Waals surface area contributed by atoms with Crippen LogP contribution in [0.1, 0.15) is 26.3 Å². The fraction of sp³-hybridized carbons (Fsp3) is 0.0909. The number of rotatable bonds is 7. The Hall–Kier alpha value is -2.34. The quantitative estimate of drug-likeness (QED) is 0.217. The van der Waals surface area contributed by atoms with Crippen molar-refractivity contribution < 1.29 is 19.1 Å². The van der Waals surface area contributed by atoms with Gasteiger partial charge in [0.15, 0.2) is 12.0 Å². The molecule has 0 aliphatic rings. The molecule has 0 bridgehead atoms. The Morgan fingerprint density at radius 1 is 1.03 bits per heavy atom. The molecule has 0 heterocycles. The third kappa shape index (κ3) is 5.60. The summed E-state index contributed by atoms with van der Waals surface area (Å²) in [7, 11) is 0. The van der Waals surface area contributed by atoms with E-state index in [1.165, 1.54) is 12.1 Å². The van der Waals surface area contributed by atoms with Gasteiger partial charge in [0.25, 0.3) is 0 Å². The number of hydrogen-bond donors (Lipinski definition) is 0. The molecule has 0 aliphatic heterocycles. The van der Waals surface area contributed by atoms with E-state index in [1.54, 1.807) is 18.2 Å². The molecule has 3 rings (SSSR count). The van der Waals surface area contributed by atoms with Crippen molar-refractivity contribution in [1.29, 1.82) is 0 Å². The van der Waals surface area contributed by atoms with E-state index in [0.29, 0.717) is 29.5 Å². The molecule has 0 unspecified atom stereocenters. The Morgan fingerprint density at radius 3 is 2.52 bits per heavy atom. The number of benzene rings is 3. The molecule has 0 spiro atoms. The summed E-state index contributed by atoms with van der Waals surface area (Å²) < 4.78 is 11.9. The second kappa shape index (κ2) is 9.92. The number of ether oxygens (including phenoxy) is 2. The number of aldehydes is 1. The van der Waals surface area contributed by atoms with Gasteiger partial charge in [0.2, 0.25) is 0 Å². The fourth-order valence-corrected chi connectivity index (χ4v) is 3.54. The molecule has 4 nitrogen and oxygen atoms in total. The first-order valence-electron chi connectivity index (χ1n) is 8.60. The smallest absolute Gasteiger partial charge is 0.347 e. The number of hydrogen-bond acceptors (Lipinski definition) is 4. The molecule has 0 saturated carbocycles. The first kappa shape index (κ1) is 21.4. The van der Waals surface area contributed by atoms with Gasteiger partial charge in [-0.05, 0) is 35.9 Å². The molecular weight excluding hydrogens is 479 g/mol. The van der Waals surface area contributed by atoms with Gasteiger partial charge in [-0.15, -0.1) is 0 Å². The number of halogens is 3. The summed E-state index contributed by atoms with van der Waals surface area (Å²) in [5.41, 5.74) is 1.41. The van der Waals surface area contributed by atoms with Crippen LogP contribution in [-0.4, -0.2) is 18.9 Å². The van der Waals surface area contributed by atoms with Crippen molar-refractivity contribution >= 4 is 51.4 Å². The van der Waals surface area contributed by atoms with Crippen molar-refractivity contribution in [3.8, 4) is 11.5 Å². The van der Waals surface area contributed by atoms with Crippen LogP contribution in [0, 0.1) is 0 Å². The lowest BCUT2D eigenvalue weighted by atomic mass is 10.1. The van der Waals surface area contributed by atoms with Crippen molar-refractivity contribution in [2.45, 2.75) is 6.42 Å². The summed E-state index contributed by atoms with van der Waals surface area (Å²) in [6, 6.07) is 17.7. The highest BCUT2D eigenvalue weighted by molar-refractivity contribution is 9.10. The zero-order valence-corrected chi connectivity index (χ0v) is 18.1. The molecular formula is C22H15BrCl2O4. The van der Waals surface area contributed by atoms with Gasteiger partial charge in [-0.3, -0.25) is 4.79 Å². The third-order valence-corrected chi connectivity index (χ3v) is 5.00. The van der Waals surface area contributed by atoms with Crippen LogP contribution in [0.15, 0.2) is 65.1 Å². The van der Waals surface area contributed by atoms with Gasteiger partial charge in [-0.25, -0.2) is 4.79 Å². The standard InChI is InChI=1S/C22H15BrCl2O4/c23-16-6-7-20(28-9-8-14-4-2-1-3-5-14)18(11-16)22(27)29-21-15(13-26)10-17(24)12-19(21)25/h1-7,10-13H,8-9H2. The SMILES string of the molecule is O=Cc1cc(Cl)cc(Cl)c1OC(=O)c1cc(Br)ccc1OCCc1ccccc1. The summed E-state index contributed by atoms with van der Waals surface area (Å²) in [5.74, 6) is -0.383. The molecule has 0 atom stereocenters. The minimum atomic E-state index is -0.701. The number of carbonyl (C=O) groups excluding carboxylic acids is 2. The maximum atomic E-state index is 12.8. The molecule has 0 aromatic heterocycles. The van der Waals surface area contributed by atoms with Gasteiger partial charge in [0, 0.05) is 15.9 Å². The van der Waals surface area contributed by atoms with Crippen molar-refractivity contribution in [2.75, 3.05) is 6.61 Å². The van der Waals surface area contributed by atoms with Crippen LogP contribution < -0.4 is 9.47 Å². The van der Waals surface area contributed by atoms with Gasteiger partial charge in [-0.1, -0.05) is 69.5 Å². The van der Waals surface area contributed by atoms with Crippen molar-refractivity contribution in [3.05, 3.63) is 91.9 Å². The van der Waals surface area contributed by atoms with Crippen LogP contribution in [0.3, 0.4) is 0 Å². The lowest BCUT2D eigenvalue weighted by Gasteiger charge is -2.13. The highest BCUT2D eigenvalue weighted by Gasteiger charge is 2.20. The van der Waals surface area contributed by atoms with E-state index in [2.05, 4.69) is 15.9 Å². The average molecular weight is 494 g/mol.